The predicted octanol–water partition coefficient (Wildman–Crippen LogP) is 23.9. The molecule has 0 fully saturated rings. The summed E-state index contributed by atoms with van der Waals surface area (Å²) >= 11 is 0. The monoisotopic (exact) mass is 1210 g/mol. The van der Waals surface area contributed by atoms with Crippen LogP contribution in [0.1, 0.15) is 367 Å². The average molecular weight is 1210 g/mol. The number of amides is 1. The van der Waals surface area contributed by atoms with Crippen LogP contribution in [0.4, 0.5) is 0 Å². The molecule has 0 bridgehead atoms. The van der Waals surface area contributed by atoms with Crippen LogP contribution in [0, 0.1) is 0 Å². The van der Waals surface area contributed by atoms with Crippen LogP contribution >= 0.6 is 7.82 Å². The standard InChI is InChI=1S/C76H145N2O6P/c1-6-8-10-12-14-16-18-20-22-24-26-28-30-32-34-36-38-40-41-43-45-47-49-51-53-55-57-59-61-63-65-67-69-75(79)74(73-84-85(81,82)83-72-71-78(3,4)5)77-76(80)70-68-66-64-62-60-58-56-54-52-50-48-46-44-42-39-37-35-33-31-29-27-25-23-21-19-17-15-13-11-9-7-2/h19,21,25,27,51,53,59,61,67,69,74-75,79H,6-18,20,22-24,26,28-50,52,54-58,60,62-66,68,70-73H2,1-5H3,(H-,77,80,81,82)/p+1/b21-19-,27-25-,53-51+,61-59+,69-67+. The average Bonchev–Trinajstić information content (AvgIpc) is 3.49. The number of hydrogen-bond donors (Lipinski definition) is 3. The Labute approximate surface area is 530 Å². The van der Waals surface area contributed by atoms with E-state index in [9.17, 15) is 19.4 Å². The van der Waals surface area contributed by atoms with Gasteiger partial charge in [-0.3, -0.25) is 13.8 Å². The van der Waals surface area contributed by atoms with Gasteiger partial charge in [-0.05, 0) is 77.0 Å². The van der Waals surface area contributed by atoms with E-state index in [4.69, 9.17) is 9.05 Å². The zero-order valence-electron chi connectivity index (χ0n) is 57.4. The third kappa shape index (κ3) is 69.5. The van der Waals surface area contributed by atoms with E-state index in [1.54, 1.807) is 6.08 Å². The molecule has 0 aromatic carbocycles. The van der Waals surface area contributed by atoms with Gasteiger partial charge in [0, 0.05) is 6.42 Å². The molecule has 0 aliphatic heterocycles. The van der Waals surface area contributed by atoms with Gasteiger partial charge in [-0.2, -0.15) is 0 Å². The fourth-order valence-electron chi connectivity index (χ4n) is 11.2. The molecule has 0 spiro atoms. The molecule has 500 valence electrons. The van der Waals surface area contributed by atoms with E-state index in [1.807, 2.05) is 27.2 Å². The minimum absolute atomic E-state index is 0.0536. The molecule has 3 N–H and O–H groups in total. The maximum absolute atomic E-state index is 13.1. The molecular weight excluding hydrogens is 1070 g/mol. The summed E-state index contributed by atoms with van der Waals surface area (Å²) in [5.41, 5.74) is 0. The van der Waals surface area contributed by atoms with Crippen molar-refractivity contribution in [2.75, 3.05) is 40.9 Å². The van der Waals surface area contributed by atoms with E-state index in [0.717, 1.165) is 51.4 Å². The van der Waals surface area contributed by atoms with Gasteiger partial charge < -0.3 is 19.8 Å². The van der Waals surface area contributed by atoms with Crippen molar-refractivity contribution in [2.24, 2.45) is 0 Å². The summed E-state index contributed by atoms with van der Waals surface area (Å²) < 4.78 is 23.8. The number of allylic oxidation sites excluding steroid dienone is 9. The van der Waals surface area contributed by atoms with Crippen LogP contribution in [-0.2, 0) is 18.4 Å². The number of phosphoric ester groups is 1. The number of phosphoric acid groups is 1. The molecule has 0 heterocycles. The lowest BCUT2D eigenvalue weighted by molar-refractivity contribution is -0.870. The van der Waals surface area contributed by atoms with Gasteiger partial charge in [0.2, 0.25) is 5.91 Å². The van der Waals surface area contributed by atoms with Gasteiger partial charge in [-0.15, -0.1) is 0 Å². The summed E-state index contributed by atoms with van der Waals surface area (Å²) in [7, 11) is 1.56. The zero-order valence-corrected chi connectivity index (χ0v) is 58.3. The summed E-state index contributed by atoms with van der Waals surface area (Å²) in [5.74, 6) is -0.185. The second-order valence-corrected chi connectivity index (χ2v) is 28.1. The summed E-state index contributed by atoms with van der Waals surface area (Å²) in [4.78, 5) is 23.4. The number of rotatable bonds is 69. The first kappa shape index (κ1) is 83.2. The topological polar surface area (TPSA) is 105 Å². The number of carbonyl (C=O) groups excluding carboxylic acids is 1. The summed E-state index contributed by atoms with van der Waals surface area (Å²) in [5, 5.41) is 14.0. The number of quaternary nitrogens is 1. The van der Waals surface area contributed by atoms with Crippen LogP contribution in [0.5, 0.6) is 0 Å². The number of hydrogen-bond acceptors (Lipinski definition) is 5. The maximum atomic E-state index is 13.1. The number of nitrogens with zero attached hydrogens (tertiary/aromatic N) is 1. The van der Waals surface area contributed by atoms with E-state index in [0.29, 0.717) is 17.4 Å². The molecule has 1 amide bonds. The molecular formula is C76H146N2O6P+. The molecule has 85 heavy (non-hydrogen) atoms. The highest BCUT2D eigenvalue weighted by atomic mass is 31.2. The first-order valence-corrected chi connectivity index (χ1v) is 38.7. The van der Waals surface area contributed by atoms with Gasteiger partial charge in [-0.1, -0.05) is 344 Å². The third-order valence-corrected chi connectivity index (χ3v) is 17.9. The quantitative estimate of drug-likeness (QED) is 0.0243. The van der Waals surface area contributed by atoms with Crippen molar-refractivity contribution in [2.45, 2.75) is 379 Å². The minimum atomic E-state index is -4.37. The van der Waals surface area contributed by atoms with E-state index in [1.165, 1.54) is 295 Å². The van der Waals surface area contributed by atoms with Crippen molar-refractivity contribution < 1.29 is 32.9 Å². The van der Waals surface area contributed by atoms with E-state index in [2.05, 4.69) is 67.8 Å². The highest BCUT2D eigenvalue weighted by Gasteiger charge is 2.28. The third-order valence-electron chi connectivity index (χ3n) is 16.9. The molecule has 8 nitrogen and oxygen atoms in total. The molecule has 0 aliphatic carbocycles. The van der Waals surface area contributed by atoms with Crippen LogP contribution in [0.3, 0.4) is 0 Å². The van der Waals surface area contributed by atoms with E-state index < -0.39 is 20.0 Å². The second-order valence-electron chi connectivity index (χ2n) is 26.7. The van der Waals surface area contributed by atoms with Gasteiger partial charge >= 0.3 is 7.82 Å². The van der Waals surface area contributed by atoms with E-state index >= 15 is 0 Å². The van der Waals surface area contributed by atoms with Crippen molar-refractivity contribution in [3.63, 3.8) is 0 Å². The van der Waals surface area contributed by atoms with Crippen molar-refractivity contribution in [1.82, 2.24) is 5.32 Å². The molecule has 9 heteroatoms. The Bertz CT molecular complexity index is 1570. The summed E-state index contributed by atoms with van der Waals surface area (Å²) in [6.07, 6.45) is 92.6. The van der Waals surface area contributed by atoms with Crippen LogP contribution < -0.4 is 5.32 Å². The molecule has 3 atom stereocenters. The first-order valence-electron chi connectivity index (χ1n) is 37.2. The first-order chi connectivity index (χ1) is 41.5. The van der Waals surface area contributed by atoms with Crippen molar-refractivity contribution in [1.29, 1.82) is 0 Å². The Morgan fingerprint density at radius 2 is 0.682 bits per heavy atom. The van der Waals surface area contributed by atoms with Gasteiger partial charge in [0.25, 0.3) is 0 Å². The minimum Gasteiger partial charge on any atom is -0.387 e. The van der Waals surface area contributed by atoms with Crippen LogP contribution in [0.15, 0.2) is 60.8 Å². The number of nitrogens with one attached hydrogen (secondary N) is 1. The Balaban J connectivity index is 4.08. The zero-order chi connectivity index (χ0) is 61.9. The Hall–Kier alpha value is -1.80. The van der Waals surface area contributed by atoms with Crippen LogP contribution in [0.25, 0.3) is 0 Å². The van der Waals surface area contributed by atoms with Gasteiger partial charge in [0.15, 0.2) is 0 Å². The Morgan fingerprint density at radius 3 is 1.01 bits per heavy atom. The number of carbonyl (C=O) groups is 1. The largest absolute Gasteiger partial charge is 0.472 e. The number of likely N-dealkylation sites (N-methyl/N-ethyl adjacent to an activating group) is 1. The van der Waals surface area contributed by atoms with E-state index in [-0.39, 0.29) is 19.1 Å². The number of unbranched alkanes of at least 4 members (excludes halogenated alkanes) is 48. The Morgan fingerprint density at radius 1 is 0.400 bits per heavy atom. The fourth-order valence-corrected chi connectivity index (χ4v) is 11.9. The second kappa shape index (κ2) is 66.6. The lowest BCUT2D eigenvalue weighted by atomic mass is 10.0. The van der Waals surface area contributed by atoms with Gasteiger partial charge in [0.05, 0.1) is 39.9 Å². The normalized spacial score (nSPS) is 13.9. The molecule has 3 unspecified atom stereocenters. The molecule has 0 saturated heterocycles. The lowest BCUT2D eigenvalue weighted by Crippen LogP contribution is -2.45. The van der Waals surface area contributed by atoms with Gasteiger partial charge in [0.1, 0.15) is 13.2 Å². The van der Waals surface area contributed by atoms with Gasteiger partial charge in [-0.25, -0.2) is 4.57 Å². The highest BCUT2D eigenvalue weighted by Crippen LogP contribution is 2.43. The lowest BCUT2D eigenvalue weighted by Gasteiger charge is -2.25. The SMILES string of the molecule is CCCCCCC/C=C\C/C=C\CCCCCCCCCCCCCCCCCCCCCC(=O)NC(COP(=O)(O)OCC[N+](C)(C)C)C(O)/C=C/CC/C=C/CC/C=C/CCCCCCCCCCCCCCCCCCCCCCCC. The van der Waals surface area contributed by atoms with Crippen LogP contribution in [0.2, 0.25) is 0 Å². The Kier molecular flexibility index (Phi) is 65.2. The molecule has 0 radical (unpaired) electrons. The molecule has 0 aromatic heterocycles. The highest BCUT2D eigenvalue weighted by molar-refractivity contribution is 7.47. The fraction of sp³-hybridized carbons (Fsp3) is 0.855. The smallest absolute Gasteiger partial charge is 0.387 e. The maximum Gasteiger partial charge on any atom is 0.472 e. The summed E-state index contributed by atoms with van der Waals surface area (Å²) in [6.45, 7) is 4.83. The van der Waals surface area contributed by atoms with Crippen LogP contribution in [-0.4, -0.2) is 73.4 Å². The van der Waals surface area contributed by atoms with Crippen molar-refractivity contribution in [3.05, 3.63) is 60.8 Å². The van der Waals surface area contributed by atoms with Crippen molar-refractivity contribution >= 4 is 13.7 Å². The number of aliphatic hydroxyl groups excluding tert-OH is 1. The number of aliphatic hydroxyl groups is 1. The predicted molar refractivity (Wildman–Crippen MR) is 374 cm³/mol. The molecule has 0 rings (SSSR count). The molecule has 0 aromatic rings. The summed E-state index contributed by atoms with van der Waals surface area (Å²) in [6, 6.07) is -0.873. The molecule has 0 saturated carbocycles. The van der Waals surface area contributed by atoms with Crippen molar-refractivity contribution in [3.8, 4) is 0 Å². The molecule has 0 aliphatic rings.